The number of hydrogen-bond acceptors (Lipinski definition) is 1. The predicted molar refractivity (Wildman–Crippen MR) is 70.4 cm³/mol. The van der Waals surface area contributed by atoms with E-state index in [1.54, 1.807) is 0 Å². The van der Waals surface area contributed by atoms with Gasteiger partial charge in [-0.2, -0.15) is 0 Å². The summed E-state index contributed by atoms with van der Waals surface area (Å²) in [5.41, 5.74) is 2.34. The van der Waals surface area contributed by atoms with Crippen molar-refractivity contribution in [1.29, 1.82) is 0 Å². The standard InChI is InChI=1S/C14H16ClNO/c1-16-8-3-6-14(16)13(7-9-17)11-4-2-5-12(15)10-11/h2-6,8,10,13,17H,7,9H2,1H3/t13-/m0/s1. The van der Waals surface area contributed by atoms with E-state index in [2.05, 4.69) is 16.7 Å². The molecule has 0 unspecified atom stereocenters. The highest BCUT2D eigenvalue weighted by Crippen LogP contribution is 2.29. The molecular weight excluding hydrogens is 234 g/mol. The van der Waals surface area contributed by atoms with Gasteiger partial charge < -0.3 is 9.67 Å². The summed E-state index contributed by atoms with van der Waals surface area (Å²) < 4.78 is 2.08. The van der Waals surface area contributed by atoms with Gasteiger partial charge in [0.25, 0.3) is 0 Å². The molecule has 1 aromatic heterocycles. The molecule has 0 saturated carbocycles. The third-order valence-corrected chi connectivity index (χ3v) is 3.24. The zero-order chi connectivity index (χ0) is 12.3. The number of aryl methyl sites for hydroxylation is 1. The lowest BCUT2D eigenvalue weighted by molar-refractivity contribution is 0.280. The number of rotatable bonds is 4. The molecule has 0 saturated heterocycles. The molecule has 0 aliphatic rings. The molecule has 0 fully saturated rings. The van der Waals surface area contributed by atoms with Crippen molar-refractivity contribution in [2.24, 2.45) is 7.05 Å². The second-order valence-corrected chi connectivity index (χ2v) is 4.60. The van der Waals surface area contributed by atoms with Crippen LogP contribution in [-0.2, 0) is 7.05 Å². The first kappa shape index (κ1) is 12.2. The van der Waals surface area contributed by atoms with Crippen LogP contribution in [-0.4, -0.2) is 16.3 Å². The van der Waals surface area contributed by atoms with Crippen LogP contribution in [0.2, 0.25) is 5.02 Å². The lowest BCUT2D eigenvalue weighted by Gasteiger charge is -2.18. The maximum atomic E-state index is 9.21. The summed E-state index contributed by atoms with van der Waals surface area (Å²) in [6.07, 6.45) is 2.72. The fraction of sp³-hybridized carbons (Fsp3) is 0.286. The van der Waals surface area contributed by atoms with E-state index in [1.165, 1.54) is 5.69 Å². The van der Waals surface area contributed by atoms with Gasteiger partial charge in [-0.05, 0) is 36.2 Å². The van der Waals surface area contributed by atoms with E-state index in [0.717, 1.165) is 10.6 Å². The minimum absolute atomic E-state index is 0.169. The Hall–Kier alpha value is -1.25. The summed E-state index contributed by atoms with van der Waals surface area (Å²) >= 11 is 6.02. The Morgan fingerprint density at radius 1 is 1.29 bits per heavy atom. The monoisotopic (exact) mass is 249 g/mol. The van der Waals surface area contributed by atoms with Crippen LogP contribution in [0.5, 0.6) is 0 Å². The second-order valence-electron chi connectivity index (χ2n) is 4.16. The zero-order valence-electron chi connectivity index (χ0n) is 9.81. The molecule has 2 rings (SSSR count). The molecule has 1 aromatic carbocycles. The van der Waals surface area contributed by atoms with E-state index < -0.39 is 0 Å². The third kappa shape index (κ3) is 2.71. The average Bonchev–Trinajstić information content (AvgIpc) is 2.72. The van der Waals surface area contributed by atoms with Crippen LogP contribution >= 0.6 is 11.6 Å². The number of halogens is 1. The Morgan fingerprint density at radius 2 is 2.12 bits per heavy atom. The molecule has 1 atom stereocenters. The second kappa shape index (κ2) is 5.39. The fourth-order valence-electron chi connectivity index (χ4n) is 2.17. The molecule has 0 bridgehead atoms. The van der Waals surface area contributed by atoms with E-state index in [1.807, 2.05) is 37.5 Å². The highest BCUT2D eigenvalue weighted by atomic mass is 35.5. The number of hydrogen-bond donors (Lipinski definition) is 1. The first-order valence-corrected chi connectivity index (χ1v) is 6.07. The molecule has 0 aliphatic carbocycles. The molecule has 17 heavy (non-hydrogen) atoms. The van der Waals surface area contributed by atoms with Gasteiger partial charge in [-0.1, -0.05) is 23.7 Å². The first-order valence-electron chi connectivity index (χ1n) is 5.70. The first-order chi connectivity index (χ1) is 8.22. The van der Waals surface area contributed by atoms with Crippen LogP contribution in [0.25, 0.3) is 0 Å². The Morgan fingerprint density at radius 3 is 2.71 bits per heavy atom. The quantitative estimate of drug-likeness (QED) is 0.885. The smallest absolute Gasteiger partial charge is 0.0440 e. The van der Waals surface area contributed by atoms with Crippen molar-refractivity contribution in [2.45, 2.75) is 12.3 Å². The van der Waals surface area contributed by atoms with E-state index in [9.17, 15) is 5.11 Å². The summed E-state index contributed by atoms with van der Waals surface area (Å²) in [4.78, 5) is 0. The maximum Gasteiger partial charge on any atom is 0.0440 e. The Labute approximate surface area is 106 Å². The maximum absolute atomic E-state index is 9.21. The van der Waals surface area contributed by atoms with Crippen LogP contribution in [0, 0.1) is 0 Å². The minimum atomic E-state index is 0.169. The number of nitrogens with zero attached hydrogens (tertiary/aromatic N) is 1. The molecule has 0 spiro atoms. The van der Waals surface area contributed by atoms with Gasteiger partial charge >= 0.3 is 0 Å². The summed E-state index contributed by atoms with van der Waals surface area (Å²) in [6, 6.07) is 11.9. The molecule has 90 valence electrons. The Bertz CT molecular complexity index is 492. The highest BCUT2D eigenvalue weighted by Gasteiger charge is 2.16. The zero-order valence-corrected chi connectivity index (χ0v) is 10.6. The van der Waals surface area contributed by atoms with Crippen molar-refractivity contribution in [2.75, 3.05) is 6.61 Å². The minimum Gasteiger partial charge on any atom is -0.396 e. The molecule has 0 aliphatic heterocycles. The molecule has 0 radical (unpaired) electrons. The molecule has 0 amide bonds. The topological polar surface area (TPSA) is 25.2 Å². The number of aromatic nitrogens is 1. The van der Waals surface area contributed by atoms with E-state index in [-0.39, 0.29) is 12.5 Å². The Kier molecular flexibility index (Phi) is 3.87. The van der Waals surface area contributed by atoms with Gasteiger partial charge in [0, 0.05) is 36.5 Å². The molecule has 3 heteroatoms. The molecule has 2 nitrogen and oxygen atoms in total. The van der Waals surface area contributed by atoms with Crippen LogP contribution in [0.1, 0.15) is 23.6 Å². The summed E-state index contributed by atoms with van der Waals surface area (Å²) in [5, 5.41) is 9.95. The van der Waals surface area contributed by atoms with Crippen molar-refractivity contribution in [3.63, 3.8) is 0 Å². The summed E-state index contributed by atoms with van der Waals surface area (Å²) in [6.45, 7) is 0.169. The van der Waals surface area contributed by atoms with Gasteiger partial charge in [0.1, 0.15) is 0 Å². The van der Waals surface area contributed by atoms with Crippen molar-refractivity contribution < 1.29 is 5.11 Å². The highest BCUT2D eigenvalue weighted by molar-refractivity contribution is 6.30. The van der Waals surface area contributed by atoms with Gasteiger partial charge in [0.2, 0.25) is 0 Å². The van der Waals surface area contributed by atoms with Gasteiger partial charge in [0.05, 0.1) is 0 Å². The molecule has 1 N–H and O–H groups in total. The predicted octanol–water partition coefficient (Wildman–Crippen LogP) is 3.19. The van der Waals surface area contributed by atoms with Crippen LogP contribution in [0.3, 0.4) is 0 Å². The van der Waals surface area contributed by atoms with E-state index >= 15 is 0 Å². The SMILES string of the molecule is Cn1cccc1[C@@H](CCO)c1cccc(Cl)c1. The summed E-state index contributed by atoms with van der Waals surface area (Å²) in [7, 11) is 2.02. The normalized spacial score (nSPS) is 12.6. The van der Waals surface area contributed by atoms with Gasteiger partial charge in [-0.25, -0.2) is 0 Å². The molecule has 2 aromatic rings. The number of aliphatic hydroxyl groups is 1. The van der Waals surface area contributed by atoms with Crippen LogP contribution in [0.4, 0.5) is 0 Å². The average molecular weight is 250 g/mol. The van der Waals surface area contributed by atoms with Gasteiger partial charge in [0.15, 0.2) is 0 Å². The fourth-order valence-corrected chi connectivity index (χ4v) is 2.37. The molecular formula is C14H16ClNO. The lowest BCUT2D eigenvalue weighted by Crippen LogP contribution is -2.08. The van der Waals surface area contributed by atoms with Gasteiger partial charge in [-0.3, -0.25) is 0 Å². The largest absolute Gasteiger partial charge is 0.396 e. The van der Waals surface area contributed by atoms with Gasteiger partial charge in [-0.15, -0.1) is 0 Å². The summed E-state index contributed by atoms with van der Waals surface area (Å²) in [5.74, 6) is 0.193. The van der Waals surface area contributed by atoms with Crippen molar-refractivity contribution in [3.05, 3.63) is 58.9 Å². The third-order valence-electron chi connectivity index (χ3n) is 3.01. The van der Waals surface area contributed by atoms with Crippen molar-refractivity contribution in [1.82, 2.24) is 4.57 Å². The lowest BCUT2D eigenvalue weighted by atomic mass is 9.93. The van der Waals surface area contributed by atoms with E-state index in [0.29, 0.717) is 6.42 Å². The Balaban J connectivity index is 2.39. The van der Waals surface area contributed by atoms with Crippen LogP contribution in [0.15, 0.2) is 42.6 Å². The van der Waals surface area contributed by atoms with Crippen molar-refractivity contribution in [3.8, 4) is 0 Å². The van der Waals surface area contributed by atoms with E-state index in [4.69, 9.17) is 11.6 Å². The van der Waals surface area contributed by atoms with Crippen molar-refractivity contribution >= 4 is 11.6 Å². The number of benzene rings is 1. The molecule has 1 heterocycles. The number of aliphatic hydroxyl groups excluding tert-OH is 1. The van der Waals surface area contributed by atoms with Crippen LogP contribution < -0.4 is 0 Å².